The summed E-state index contributed by atoms with van der Waals surface area (Å²) in [6.07, 6.45) is 0. The third-order valence-electron chi connectivity index (χ3n) is 4.60. The summed E-state index contributed by atoms with van der Waals surface area (Å²) in [5.41, 5.74) is 1.88. The molecule has 1 aromatic heterocycles. The number of benzene rings is 2. The van der Waals surface area contributed by atoms with Crippen molar-refractivity contribution in [3.8, 4) is 11.5 Å². The third-order valence-corrected chi connectivity index (χ3v) is 6.39. The number of carbonyl (C=O) groups is 1. The van der Waals surface area contributed by atoms with E-state index in [4.69, 9.17) is 4.42 Å². The van der Waals surface area contributed by atoms with Gasteiger partial charge in [0.2, 0.25) is 11.7 Å². The monoisotopic (exact) mass is 382 g/mol. The fraction of sp³-hybridized carbons (Fsp3) is 0.200. The van der Waals surface area contributed by atoms with Crippen molar-refractivity contribution in [3.05, 3.63) is 71.6 Å². The van der Waals surface area contributed by atoms with E-state index in [1.165, 1.54) is 4.90 Å². The molecule has 2 aromatic carbocycles. The Morgan fingerprint density at radius 1 is 1.07 bits per heavy atom. The molecular formula is C20H18N2O4S. The SMILES string of the molecule is Cc1nc(-c2ccccc2)oc1C(=O)N1CCS(=O)(=O)c2ccccc2C1. The van der Waals surface area contributed by atoms with Crippen molar-refractivity contribution in [1.82, 2.24) is 9.88 Å². The minimum atomic E-state index is -3.42. The summed E-state index contributed by atoms with van der Waals surface area (Å²) in [7, 11) is -3.42. The molecule has 1 aliphatic rings. The van der Waals surface area contributed by atoms with Gasteiger partial charge >= 0.3 is 0 Å². The van der Waals surface area contributed by atoms with E-state index in [1.807, 2.05) is 30.3 Å². The molecule has 0 bridgehead atoms. The summed E-state index contributed by atoms with van der Waals surface area (Å²) in [6.45, 7) is 2.04. The number of hydrogen-bond donors (Lipinski definition) is 0. The van der Waals surface area contributed by atoms with Crippen molar-refractivity contribution in [2.24, 2.45) is 0 Å². The van der Waals surface area contributed by atoms with Gasteiger partial charge < -0.3 is 9.32 Å². The van der Waals surface area contributed by atoms with Crippen LogP contribution in [0.25, 0.3) is 11.5 Å². The topological polar surface area (TPSA) is 80.5 Å². The van der Waals surface area contributed by atoms with Crippen molar-refractivity contribution >= 4 is 15.7 Å². The highest BCUT2D eigenvalue weighted by Gasteiger charge is 2.30. The van der Waals surface area contributed by atoms with Crippen molar-refractivity contribution in [1.29, 1.82) is 0 Å². The molecule has 7 heteroatoms. The van der Waals surface area contributed by atoms with E-state index in [2.05, 4.69) is 4.98 Å². The summed E-state index contributed by atoms with van der Waals surface area (Å²) < 4.78 is 30.7. The predicted octanol–water partition coefficient (Wildman–Crippen LogP) is 3.08. The van der Waals surface area contributed by atoms with Crippen molar-refractivity contribution < 1.29 is 17.6 Å². The Morgan fingerprint density at radius 3 is 2.56 bits per heavy atom. The molecule has 3 aromatic rings. The van der Waals surface area contributed by atoms with Crippen LogP contribution in [0, 0.1) is 6.92 Å². The fourth-order valence-corrected chi connectivity index (χ4v) is 4.68. The lowest BCUT2D eigenvalue weighted by molar-refractivity contribution is 0.0722. The average molecular weight is 382 g/mol. The van der Waals surface area contributed by atoms with Crippen molar-refractivity contribution in [3.63, 3.8) is 0 Å². The summed E-state index contributed by atoms with van der Waals surface area (Å²) >= 11 is 0. The van der Waals surface area contributed by atoms with Gasteiger partial charge in [0.25, 0.3) is 5.91 Å². The maximum absolute atomic E-state index is 13.0. The number of sulfone groups is 1. The molecule has 0 radical (unpaired) electrons. The van der Waals surface area contributed by atoms with E-state index in [9.17, 15) is 13.2 Å². The van der Waals surface area contributed by atoms with Crippen LogP contribution in [0.4, 0.5) is 0 Å². The van der Waals surface area contributed by atoms with Crippen LogP contribution in [0.2, 0.25) is 0 Å². The molecule has 0 N–H and O–H groups in total. The normalized spacial score (nSPS) is 15.8. The van der Waals surface area contributed by atoms with Gasteiger partial charge in [0.05, 0.1) is 16.3 Å². The Hall–Kier alpha value is -2.93. The molecule has 1 aliphatic heterocycles. The quantitative estimate of drug-likeness (QED) is 0.680. The Kier molecular flexibility index (Phi) is 4.31. The number of rotatable bonds is 2. The zero-order chi connectivity index (χ0) is 19.0. The third kappa shape index (κ3) is 3.26. The van der Waals surface area contributed by atoms with Crippen LogP contribution in [0.1, 0.15) is 21.8 Å². The number of nitrogens with zero attached hydrogens (tertiary/aromatic N) is 2. The van der Waals surface area contributed by atoms with Gasteiger partial charge in [-0.25, -0.2) is 13.4 Å². The zero-order valence-electron chi connectivity index (χ0n) is 14.8. The van der Waals surface area contributed by atoms with E-state index >= 15 is 0 Å². The van der Waals surface area contributed by atoms with E-state index < -0.39 is 9.84 Å². The molecule has 0 unspecified atom stereocenters. The molecule has 4 rings (SSSR count). The molecule has 0 aliphatic carbocycles. The van der Waals surface area contributed by atoms with Crippen LogP contribution in [-0.2, 0) is 16.4 Å². The molecule has 0 atom stereocenters. The van der Waals surface area contributed by atoms with Gasteiger partial charge in [0.15, 0.2) is 9.84 Å². The number of hydrogen-bond acceptors (Lipinski definition) is 5. The fourth-order valence-electron chi connectivity index (χ4n) is 3.18. The van der Waals surface area contributed by atoms with Gasteiger partial charge in [0.1, 0.15) is 0 Å². The number of aryl methyl sites for hydroxylation is 1. The minimum absolute atomic E-state index is 0.108. The van der Waals surface area contributed by atoms with E-state index in [1.54, 1.807) is 31.2 Å². The van der Waals surface area contributed by atoms with E-state index in [0.717, 1.165) is 5.56 Å². The van der Waals surface area contributed by atoms with Crippen LogP contribution in [-0.4, -0.2) is 36.5 Å². The number of carbonyl (C=O) groups excluding carboxylic acids is 1. The Bertz CT molecular complexity index is 1100. The maximum atomic E-state index is 13.0. The first kappa shape index (κ1) is 17.5. The number of fused-ring (bicyclic) bond motifs is 1. The lowest BCUT2D eigenvalue weighted by atomic mass is 10.2. The molecule has 0 fully saturated rings. The molecule has 27 heavy (non-hydrogen) atoms. The van der Waals surface area contributed by atoms with Crippen LogP contribution < -0.4 is 0 Å². The molecule has 2 heterocycles. The van der Waals surface area contributed by atoms with Crippen LogP contribution >= 0.6 is 0 Å². The second-order valence-corrected chi connectivity index (χ2v) is 8.53. The summed E-state index contributed by atoms with van der Waals surface area (Å²) in [4.78, 5) is 19.2. The highest BCUT2D eigenvalue weighted by Crippen LogP contribution is 2.26. The standard InChI is InChI=1S/C20H18N2O4S/c1-14-18(26-19(21-14)15-7-3-2-4-8-15)20(23)22-11-12-27(24,25)17-10-6-5-9-16(17)13-22/h2-10H,11-13H2,1H3. The van der Waals surface area contributed by atoms with Gasteiger partial charge in [-0.1, -0.05) is 36.4 Å². The molecule has 138 valence electrons. The molecule has 0 spiro atoms. The lowest BCUT2D eigenvalue weighted by Gasteiger charge is -2.19. The number of oxazole rings is 1. The van der Waals surface area contributed by atoms with E-state index in [0.29, 0.717) is 22.0 Å². The first-order chi connectivity index (χ1) is 13.0. The lowest BCUT2D eigenvalue weighted by Crippen LogP contribution is -2.32. The average Bonchev–Trinajstić information content (AvgIpc) is 3.00. The van der Waals surface area contributed by atoms with E-state index in [-0.39, 0.29) is 30.5 Å². The second-order valence-electron chi connectivity index (χ2n) is 6.45. The molecular weight excluding hydrogens is 364 g/mol. The maximum Gasteiger partial charge on any atom is 0.291 e. The van der Waals surface area contributed by atoms with Crippen molar-refractivity contribution in [2.75, 3.05) is 12.3 Å². The van der Waals surface area contributed by atoms with Gasteiger partial charge in [-0.05, 0) is 30.7 Å². The predicted molar refractivity (Wildman–Crippen MR) is 99.9 cm³/mol. The largest absolute Gasteiger partial charge is 0.431 e. The molecule has 0 saturated carbocycles. The number of amides is 1. The Balaban J connectivity index is 1.67. The molecule has 1 amide bonds. The molecule has 0 saturated heterocycles. The Morgan fingerprint density at radius 2 is 1.78 bits per heavy atom. The minimum Gasteiger partial charge on any atom is -0.431 e. The second kappa shape index (κ2) is 6.66. The van der Waals surface area contributed by atoms with Gasteiger partial charge in [-0.15, -0.1) is 0 Å². The first-order valence-corrected chi connectivity index (χ1v) is 10.2. The summed E-state index contributed by atoms with van der Waals surface area (Å²) in [5, 5.41) is 0. The van der Waals surface area contributed by atoms with Crippen LogP contribution in [0.15, 0.2) is 63.9 Å². The smallest absolute Gasteiger partial charge is 0.291 e. The van der Waals surface area contributed by atoms with Crippen LogP contribution in [0.3, 0.4) is 0 Å². The van der Waals surface area contributed by atoms with Gasteiger partial charge in [-0.2, -0.15) is 0 Å². The highest BCUT2D eigenvalue weighted by atomic mass is 32.2. The van der Waals surface area contributed by atoms with Crippen LogP contribution in [0.5, 0.6) is 0 Å². The van der Waals surface area contributed by atoms with Crippen molar-refractivity contribution in [2.45, 2.75) is 18.4 Å². The Labute approximate surface area is 157 Å². The summed E-state index contributed by atoms with van der Waals surface area (Å²) in [5.74, 6) is 0.0492. The number of aromatic nitrogens is 1. The zero-order valence-corrected chi connectivity index (χ0v) is 15.6. The molecule has 6 nitrogen and oxygen atoms in total. The summed E-state index contributed by atoms with van der Waals surface area (Å²) in [6, 6.07) is 16.1. The van der Waals surface area contributed by atoms with Gasteiger partial charge in [0, 0.05) is 18.7 Å². The van der Waals surface area contributed by atoms with Gasteiger partial charge in [-0.3, -0.25) is 4.79 Å². The highest BCUT2D eigenvalue weighted by molar-refractivity contribution is 7.91. The first-order valence-electron chi connectivity index (χ1n) is 8.58.